The summed E-state index contributed by atoms with van der Waals surface area (Å²) in [5.74, 6) is -0.728. The maximum atomic E-state index is 13.4. The van der Waals surface area contributed by atoms with Crippen LogP contribution in [0, 0.1) is 5.41 Å². The van der Waals surface area contributed by atoms with Gasteiger partial charge in [-0.1, -0.05) is 39.8 Å². The molecule has 0 aliphatic rings. The van der Waals surface area contributed by atoms with Crippen LogP contribution in [0.3, 0.4) is 0 Å². The van der Waals surface area contributed by atoms with Crippen LogP contribution in [0.4, 0.5) is 39.5 Å². The van der Waals surface area contributed by atoms with Crippen molar-refractivity contribution < 1.29 is 49.7 Å². The van der Waals surface area contributed by atoms with Gasteiger partial charge in [-0.15, -0.1) is 0 Å². The minimum Gasteiger partial charge on any atom is -0.376 e. The third-order valence-electron chi connectivity index (χ3n) is 5.13. The highest BCUT2D eigenvalue weighted by atomic mass is 19.4. The Morgan fingerprint density at radius 2 is 1.13 bits per heavy atom. The minimum absolute atomic E-state index is 0.0955. The number of aliphatic hydroxyl groups is 2. The Morgan fingerprint density at radius 1 is 0.710 bits per heavy atom. The molecular formula is C20H25F9O2. The van der Waals surface area contributed by atoms with Crippen LogP contribution in [0.1, 0.15) is 70.1 Å². The minimum atomic E-state index is -6.28. The highest BCUT2D eigenvalue weighted by Gasteiger charge is 2.71. The van der Waals surface area contributed by atoms with Gasteiger partial charge in [0.2, 0.25) is 0 Å². The summed E-state index contributed by atoms with van der Waals surface area (Å²) in [4.78, 5) is 0. The van der Waals surface area contributed by atoms with Crippen molar-refractivity contribution in [3.8, 4) is 0 Å². The summed E-state index contributed by atoms with van der Waals surface area (Å²) in [6.45, 7) is 7.03. The van der Waals surface area contributed by atoms with Crippen molar-refractivity contribution in [2.24, 2.45) is 5.41 Å². The van der Waals surface area contributed by atoms with Crippen LogP contribution < -0.4 is 0 Å². The van der Waals surface area contributed by atoms with Crippen LogP contribution in [0.2, 0.25) is 0 Å². The lowest BCUT2D eigenvalue weighted by atomic mass is 9.77. The molecule has 0 saturated heterocycles. The zero-order valence-corrected chi connectivity index (χ0v) is 17.5. The topological polar surface area (TPSA) is 40.5 Å². The normalized spacial score (nSPS) is 17.4. The van der Waals surface area contributed by atoms with E-state index in [4.69, 9.17) is 0 Å². The van der Waals surface area contributed by atoms with E-state index in [0.29, 0.717) is 6.07 Å². The molecule has 1 aromatic carbocycles. The molecule has 1 aromatic rings. The molecule has 2 atom stereocenters. The summed E-state index contributed by atoms with van der Waals surface area (Å²) in [5, 5.41) is 19.7. The molecule has 2 unspecified atom stereocenters. The summed E-state index contributed by atoms with van der Waals surface area (Å²) >= 11 is 0. The first-order valence-corrected chi connectivity index (χ1v) is 9.30. The average Bonchev–Trinajstić information content (AvgIpc) is 2.54. The van der Waals surface area contributed by atoms with Crippen molar-refractivity contribution >= 4 is 0 Å². The molecule has 180 valence electrons. The molecule has 0 heterocycles. The van der Waals surface area contributed by atoms with Gasteiger partial charge >= 0.3 is 18.5 Å². The summed E-state index contributed by atoms with van der Waals surface area (Å²) < 4.78 is 120. The van der Waals surface area contributed by atoms with Gasteiger partial charge in [0.15, 0.2) is 5.60 Å². The van der Waals surface area contributed by atoms with Crippen LogP contribution >= 0.6 is 0 Å². The predicted octanol–water partition coefficient (Wildman–Crippen LogP) is 6.70. The van der Waals surface area contributed by atoms with E-state index >= 15 is 0 Å². The standard InChI is InChI=1S/C20H25F9O2/c1-6-11(10-15(2,3)4)12-7-13(16(5,30)18(21,22)23)9-14(8-12)17(31,19(24,25)26)20(27,28)29/h7-9,11,30-31H,6,10H2,1-5H3. The van der Waals surface area contributed by atoms with Crippen molar-refractivity contribution in [3.63, 3.8) is 0 Å². The van der Waals surface area contributed by atoms with Crippen molar-refractivity contribution in [1.82, 2.24) is 0 Å². The average molecular weight is 468 g/mol. The number of hydrogen-bond donors (Lipinski definition) is 2. The lowest BCUT2D eigenvalue weighted by Crippen LogP contribution is -2.54. The van der Waals surface area contributed by atoms with E-state index in [1.54, 1.807) is 27.7 Å². The molecule has 2 nitrogen and oxygen atoms in total. The van der Waals surface area contributed by atoms with E-state index in [0.717, 1.165) is 6.07 Å². The molecule has 0 aliphatic carbocycles. The second kappa shape index (κ2) is 8.13. The largest absolute Gasteiger partial charge is 0.430 e. The molecule has 0 spiro atoms. The predicted molar refractivity (Wildman–Crippen MR) is 95.2 cm³/mol. The third-order valence-corrected chi connectivity index (χ3v) is 5.13. The first-order chi connectivity index (χ1) is 13.5. The van der Waals surface area contributed by atoms with Crippen LogP contribution in [0.15, 0.2) is 18.2 Å². The van der Waals surface area contributed by atoms with Crippen molar-refractivity contribution in [1.29, 1.82) is 0 Å². The van der Waals surface area contributed by atoms with Gasteiger partial charge in [0.05, 0.1) is 0 Å². The Morgan fingerprint density at radius 3 is 1.45 bits per heavy atom. The number of rotatable bonds is 5. The summed E-state index contributed by atoms with van der Waals surface area (Å²) in [5.41, 5.74) is -13.0. The molecule has 0 radical (unpaired) electrons. The Bertz CT molecular complexity index is 755. The monoisotopic (exact) mass is 468 g/mol. The molecule has 0 fully saturated rings. The van der Waals surface area contributed by atoms with E-state index in [1.165, 1.54) is 0 Å². The molecule has 0 aliphatic heterocycles. The van der Waals surface area contributed by atoms with Crippen LogP contribution in [-0.4, -0.2) is 28.7 Å². The zero-order chi connectivity index (χ0) is 24.8. The third kappa shape index (κ3) is 5.47. The second-order valence-corrected chi connectivity index (χ2v) is 8.99. The van der Waals surface area contributed by atoms with Gasteiger partial charge in [0.1, 0.15) is 0 Å². The number of hydrogen-bond acceptors (Lipinski definition) is 2. The van der Waals surface area contributed by atoms with Crippen LogP contribution in [0.25, 0.3) is 0 Å². The fraction of sp³-hybridized carbons (Fsp3) is 0.700. The quantitative estimate of drug-likeness (QED) is 0.473. The number of benzene rings is 1. The molecule has 1 rings (SSSR count). The molecule has 2 N–H and O–H groups in total. The van der Waals surface area contributed by atoms with E-state index in [9.17, 15) is 49.7 Å². The highest BCUT2D eigenvalue weighted by Crippen LogP contribution is 2.52. The Kier molecular flexibility index (Phi) is 7.23. The smallest absolute Gasteiger partial charge is 0.376 e. The van der Waals surface area contributed by atoms with E-state index < -0.39 is 52.2 Å². The maximum absolute atomic E-state index is 13.4. The zero-order valence-electron chi connectivity index (χ0n) is 17.5. The first kappa shape index (κ1) is 27.5. The summed E-state index contributed by atoms with van der Waals surface area (Å²) in [7, 11) is 0. The van der Waals surface area contributed by atoms with Crippen molar-refractivity contribution in [3.05, 3.63) is 34.9 Å². The lowest BCUT2D eigenvalue weighted by Gasteiger charge is -2.35. The van der Waals surface area contributed by atoms with Gasteiger partial charge in [-0.25, -0.2) is 0 Å². The number of alkyl halides is 9. The Labute approximate surface area is 174 Å². The Hall–Kier alpha value is -1.49. The van der Waals surface area contributed by atoms with E-state index in [2.05, 4.69) is 0 Å². The lowest BCUT2D eigenvalue weighted by molar-refractivity contribution is -0.376. The molecule has 11 heteroatoms. The van der Waals surface area contributed by atoms with Crippen molar-refractivity contribution in [2.45, 2.75) is 83.1 Å². The van der Waals surface area contributed by atoms with E-state index in [1.807, 2.05) is 0 Å². The first-order valence-electron chi connectivity index (χ1n) is 9.30. The van der Waals surface area contributed by atoms with Gasteiger partial charge in [0.25, 0.3) is 5.60 Å². The highest BCUT2D eigenvalue weighted by molar-refractivity contribution is 5.40. The molecule has 31 heavy (non-hydrogen) atoms. The van der Waals surface area contributed by atoms with Gasteiger partial charge in [-0.3, -0.25) is 0 Å². The fourth-order valence-corrected chi connectivity index (χ4v) is 3.27. The number of halogens is 9. The molecule has 0 saturated carbocycles. The SMILES string of the molecule is CCC(CC(C)(C)C)c1cc(C(C)(O)C(F)(F)F)cc(C(O)(C(F)(F)F)C(F)(F)F)c1. The van der Waals surface area contributed by atoms with Gasteiger partial charge in [-0.2, -0.15) is 39.5 Å². The molecule has 0 aromatic heterocycles. The maximum Gasteiger partial charge on any atom is 0.430 e. The van der Waals surface area contributed by atoms with E-state index in [-0.39, 0.29) is 31.4 Å². The second-order valence-electron chi connectivity index (χ2n) is 8.99. The van der Waals surface area contributed by atoms with Crippen molar-refractivity contribution in [2.75, 3.05) is 0 Å². The van der Waals surface area contributed by atoms with Gasteiger partial charge < -0.3 is 10.2 Å². The van der Waals surface area contributed by atoms with Crippen LogP contribution in [-0.2, 0) is 11.2 Å². The Balaban J connectivity index is 3.98. The van der Waals surface area contributed by atoms with Gasteiger partial charge in [0, 0.05) is 5.56 Å². The summed E-state index contributed by atoms with van der Waals surface area (Å²) in [6.07, 6.45) is -17.6. The summed E-state index contributed by atoms with van der Waals surface area (Å²) in [6, 6.07) is 1.06. The van der Waals surface area contributed by atoms with Gasteiger partial charge in [-0.05, 0) is 48.3 Å². The molecular weight excluding hydrogens is 443 g/mol. The molecule has 0 bridgehead atoms. The fourth-order valence-electron chi connectivity index (χ4n) is 3.27. The molecule has 0 amide bonds. The van der Waals surface area contributed by atoms with Crippen LogP contribution in [0.5, 0.6) is 0 Å².